The highest BCUT2D eigenvalue weighted by Crippen LogP contribution is 2.18. The van der Waals surface area contributed by atoms with Crippen molar-refractivity contribution >= 4 is 10.0 Å². The van der Waals surface area contributed by atoms with Crippen molar-refractivity contribution in [2.45, 2.75) is 30.7 Å². The van der Waals surface area contributed by atoms with Crippen molar-refractivity contribution in [2.75, 3.05) is 13.2 Å². The lowest BCUT2D eigenvalue weighted by Crippen LogP contribution is -2.53. The highest BCUT2D eigenvalue weighted by molar-refractivity contribution is 7.89. The van der Waals surface area contributed by atoms with E-state index in [9.17, 15) is 18.6 Å². The molecular weight excluding hydrogens is 254 g/mol. The molecule has 102 valence electrons. The standard InChI is InChI=1S/C12H19NO4S/c1-3-12(8-14,9-15)13-18(16,17)11-7-5-4-6-10(11)2/h4-7,13-15H,3,8-9H2,1-2H3. The minimum Gasteiger partial charge on any atom is -0.394 e. The summed E-state index contributed by atoms with van der Waals surface area (Å²) in [4.78, 5) is 0.157. The van der Waals surface area contributed by atoms with Crippen LogP contribution in [0.3, 0.4) is 0 Å². The van der Waals surface area contributed by atoms with E-state index in [1.807, 2.05) is 0 Å². The van der Waals surface area contributed by atoms with Crippen LogP contribution in [0.25, 0.3) is 0 Å². The van der Waals surface area contributed by atoms with Gasteiger partial charge in [0.25, 0.3) is 0 Å². The molecule has 0 fully saturated rings. The van der Waals surface area contributed by atoms with Crippen LogP contribution in [-0.2, 0) is 10.0 Å². The van der Waals surface area contributed by atoms with E-state index in [2.05, 4.69) is 4.72 Å². The number of aliphatic hydroxyl groups is 2. The number of rotatable bonds is 6. The molecule has 1 aromatic rings. The van der Waals surface area contributed by atoms with Crippen molar-refractivity contribution in [1.29, 1.82) is 0 Å². The van der Waals surface area contributed by atoms with Crippen molar-refractivity contribution in [3.05, 3.63) is 29.8 Å². The summed E-state index contributed by atoms with van der Waals surface area (Å²) in [5.74, 6) is 0. The first-order valence-electron chi connectivity index (χ1n) is 5.72. The first-order chi connectivity index (χ1) is 8.40. The maximum atomic E-state index is 12.2. The lowest BCUT2D eigenvalue weighted by molar-refractivity contribution is 0.105. The van der Waals surface area contributed by atoms with Crippen molar-refractivity contribution in [3.63, 3.8) is 0 Å². The number of aliphatic hydroxyl groups excluding tert-OH is 2. The van der Waals surface area contributed by atoms with Gasteiger partial charge >= 0.3 is 0 Å². The third-order valence-electron chi connectivity index (χ3n) is 3.02. The normalized spacial score (nSPS) is 12.7. The summed E-state index contributed by atoms with van der Waals surface area (Å²) in [6, 6.07) is 6.57. The van der Waals surface area contributed by atoms with Crippen LogP contribution < -0.4 is 4.72 Å². The van der Waals surface area contributed by atoms with E-state index >= 15 is 0 Å². The molecule has 0 bridgehead atoms. The van der Waals surface area contributed by atoms with Crippen LogP contribution in [0.5, 0.6) is 0 Å². The van der Waals surface area contributed by atoms with Crippen LogP contribution >= 0.6 is 0 Å². The van der Waals surface area contributed by atoms with Gasteiger partial charge in [-0.1, -0.05) is 25.1 Å². The average molecular weight is 273 g/mol. The third kappa shape index (κ3) is 3.08. The SMILES string of the molecule is CCC(CO)(CO)NS(=O)(=O)c1ccccc1C. The molecule has 5 nitrogen and oxygen atoms in total. The Bertz CT molecular complexity index is 486. The maximum absolute atomic E-state index is 12.2. The van der Waals surface area contributed by atoms with Crippen molar-refractivity contribution in [3.8, 4) is 0 Å². The summed E-state index contributed by atoms with van der Waals surface area (Å²) >= 11 is 0. The molecule has 0 atom stereocenters. The maximum Gasteiger partial charge on any atom is 0.241 e. The van der Waals surface area contributed by atoms with E-state index in [-0.39, 0.29) is 4.90 Å². The summed E-state index contributed by atoms with van der Waals surface area (Å²) in [5.41, 5.74) is -0.605. The Morgan fingerprint density at radius 3 is 2.22 bits per heavy atom. The van der Waals surface area contributed by atoms with E-state index in [0.29, 0.717) is 12.0 Å². The van der Waals surface area contributed by atoms with E-state index in [4.69, 9.17) is 0 Å². The molecule has 3 N–H and O–H groups in total. The Balaban J connectivity index is 3.13. The summed E-state index contributed by atoms with van der Waals surface area (Å²) in [6.07, 6.45) is 0.297. The van der Waals surface area contributed by atoms with Gasteiger partial charge in [-0.3, -0.25) is 0 Å². The Kier molecular flexibility index (Phi) is 4.86. The Morgan fingerprint density at radius 1 is 1.22 bits per heavy atom. The summed E-state index contributed by atoms with van der Waals surface area (Å²) < 4.78 is 26.8. The molecule has 0 aromatic heterocycles. The quantitative estimate of drug-likeness (QED) is 0.700. The number of aryl methyl sites for hydroxylation is 1. The van der Waals surface area contributed by atoms with Gasteiger partial charge in [0.2, 0.25) is 10.0 Å². The second kappa shape index (κ2) is 5.79. The van der Waals surface area contributed by atoms with Gasteiger partial charge in [-0.2, -0.15) is 0 Å². The zero-order chi connectivity index (χ0) is 13.8. The van der Waals surface area contributed by atoms with Crippen LogP contribution in [0, 0.1) is 6.92 Å². The zero-order valence-electron chi connectivity index (χ0n) is 10.5. The van der Waals surface area contributed by atoms with Gasteiger partial charge in [-0.25, -0.2) is 13.1 Å². The molecule has 0 aliphatic rings. The van der Waals surface area contributed by atoms with Gasteiger partial charge in [0.15, 0.2) is 0 Å². The molecule has 0 saturated carbocycles. The summed E-state index contributed by atoms with van der Waals surface area (Å²) in [5, 5.41) is 18.5. The molecular formula is C12H19NO4S. The van der Waals surface area contributed by atoms with E-state index in [0.717, 1.165) is 0 Å². The largest absolute Gasteiger partial charge is 0.394 e. The van der Waals surface area contributed by atoms with Crippen molar-refractivity contribution < 1.29 is 18.6 Å². The average Bonchev–Trinajstić information content (AvgIpc) is 2.36. The monoisotopic (exact) mass is 273 g/mol. The predicted octanol–water partition coefficient (Wildman–Crippen LogP) is 0.407. The number of nitrogens with one attached hydrogen (secondary N) is 1. The molecule has 1 aromatic carbocycles. The molecule has 0 unspecified atom stereocenters. The van der Waals surface area contributed by atoms with Crippen molar-refractivity contribution in [1.82, 2.24) is 4.72 Å². The first kappa shape index (κ1) is 15.1. The van der Waals surface area contributed by atoms with Crippen molar-refractivity contribution in [2.24, 2.45) is 0 Å². The van der Waals surface area contributed by atoms with Gasteiger partial charge in [-0.15, -0.1) is 0 Å². The smallest absolute Gasteiger partial charge is 0.241 e. The van der Waals surface area contributed by atoms with E-state index < -0.39 is 28.8 Å². The van der Waals surface area contributed by atoms with Gasteiger partial charge in [-0.05, 0) is 25.0 Å². The molecule has 0 amide bonds. The van der Waals surface area contributed by atoms with Crippen LogP contribution in [0.1, 0.15) is 18.9 Å². The third-order valence-corrected chi connectivity index (χ3v) is 4.75. The zero-order valence-corrected chi connectivity index (χ0v) is 11.4. The van der Waals surface area contributed by atoms with Crippen LogP contribution in [0.15, 0.2) is 29.2 Å². The fourth-order valence-electron chi connectivity index (χ4n) is 1.61. The topological polar surface area (TPSA) is 86.6 Å². The Labute approximate surface area is 108 Å². The summed E-state index contributed by atoms with van der Waals surface area (Å²) in [6.45, 7) is 2.49. The second-order valence-corrected chi connectivity index (χ2v) is 5.97. The highest BCUT2D eigenvalue weighted by atomic mass is 32.2. The van der Waals surface area contributed by atoms with E-state index in [1.54, 1.807) is 32.0 Å². The van der Waals surface area contributed by atoms with Gasteiger partial charge in [0.1, 0.15) is 0 Å². The lowest BCUT2D eigenvalue weighted by Gasteiger charge is -2.29. The number of hydrogen-bond acceptors (Lipinski definition) is 4. The second-order valence-electron chi connectivity index (χ2n) is 4.32. The fourth-order valence-corrected chi connectivity index (χ4v) is 3.31. The summed E-state index contributed by atoms with van der Waals surface area (Å²) in [7, 11) is -3.75. The molecule has 0 saturated heterocycles. The lowest BCUT2D eigenvalue weighted by atomic mass is 10.0. The molecule has 1 rings (SSSR count). The predicted molar refractivity (Wildman–Crippen MR) is 68.7 cm³/mol. The Hall–Kier alpha value is -0.950. The Morgan fingerprint density at radius 2 is 1.78 bits per heavy atom. The highest BCUT2D eigenvalue weighted by Gasteiger charge is 2.33. The molecule has 0 aliphatic carbocycles. The van der Waals surface area contributed by atoms with Gasteiger partial charge in [0.05, 0.1) is 23.6 Å². The van der Waals surface area contributed by atoms with E-state index in [1.165, 1.54) is 6.07 Å². The molecule has 0 radical (unpaired) electrons. The van der Waals surface area contributed by atoms with Gasteiger partial charge < -0.3 is 10.2 Å². The van der Waals surface area contributed by atoms with Crippen LogP contribution in [0.4, 0.5) is 0 Å². The number of sulfonamides is 1. The minimum absolute atomic E-state index is 0.157. The fraction of sp³-hybridized carbons (Fsp3) is 0.500. The minimum atomic E-state index is -3.75. The first-order valence-corrected chi connectivity index (χ1v) is 7.20. The van der Waals surface area contributed by atoms with Crippen LogP contribution in [-0.4, -0.2) is 37.4 Å². The van der Waals surface area contributed by atoms with Crippen LogP contribution in [0.2, 0.25) is 0 Å². The van der Waals surface area contributed by atoms with Gasteiger partial charge in [0, 0.05) is 0 Å². The molecule has 0 aliphatic heterocycles. The molecule has 0 spiro atoms. The molecule has 0 heterocycles. The number of hydrogen-bond donors (Lipinski definition) is 3. The number of benzene rings is 1. The molecule has 6 heteroatoms. The molecule has 18 heavy (non-hydrogen) atoms.